The van der Waals surface area contributed by atoms with Crippen LogP contribution in [0.4, 0.5) is 0 Å². The zero-order valence-corrected chi connectivity index (χ0v) is 14.6. The molecular weight excluding hydrogens is 362 g/mol. The normalized spacial score (nSPS) is 11.3. The van der Waals surface area contributed by atoms with E-state index in [1.165, 1.54) is 17.7 Å². The van der Waals surface area contributed by atoms with Crippen molar-refractivity contribution < 1.29 is 9.21 Å². The number of rotatable bonds is 3. The first-order valence-corrected chi connectivity index (χ1v) is 8.75. The van der Waals surface area contributed by atoms with Gasteiger partial charge in [0, 0.05) is 15.3 Å². The number of thiophene rings is 1. The number of hydrogen-bond acceptors (Lipinski definition) is 5. The molecule has 25 heavy (non-hydrogen) atoms. The first-order chi connectivity index (χ1) is 12.0. The summed E-state index contributed by atoms with van der Waals surface area (Å²) in [5.41, 5.74) is 2.72. The van der Waals surface area contributed by atoms with Crippen molar-refractivity contribution in [1.29, 1.82) is 0 Å². The van der Waals surface area contributed by atoms with Crippen LogP contribution in [-0.2, 0) is 6.42 Å². The fraction of sp³-hybridized carbons (Fsp3) is 0.118. The minimum absolute atomic E-state index is 0.0869. The van der Waals surface area contributed by atoms with Crippen molar-refractivity contribution in [3.05, 3.63) is 62.7 Å². The molecule has 0 spiro atoms. The third-order valence-electron chi connectivity index (χ3n) is 3.78. The Balaban J connectivity index is 1.68. The maximum Gasteiger partial charge on any atom is 0.305 e. The van der Waals surface area contributed by atoms with Crippen LogP contribution in [0.2, 0.25) is 5.02 Å². The lowest BCUT2D eigenvalue weighted by molar-refractivity contribution is 0.0982. The number of hydrogen-bond donors (Lipinski definition) is 1. The Morgan fingerprint density at radius 3 is 3.00 bits per heavy atom. The van der Waals surface area contributed by atoms with Crippen molar-refractivity contribution >= 4 is 50.0 Å². The molecule has 1 N–H and O–H groups in total. The van der Waals surface area contributed by atoms with Crippen molar-refractivity contribution in [2.45, 2.75) is 13.3 Å². The molecule has 3 aromatic heterocycles. The summed E-state index contributed by atoms with van der Waals surface area (Å²) in [7, 11) is 0. The predicted octanol–water partition coefficient (Wildman–Crippen LogP) is 3.80. The number of nitrogens with zero attached hydrogens (tertiary/aromatic N) is 2. The highest BCUT2D eigenvalue weighted by atomic mass is 35.5. The van der Waals surface area contributed by atoms with Crippen LogP contribution >= 0.6 is 22.9 Å². The Hall–Kier alpha value is -2.64. The van der Waals surface area contributed by atoms with Crippen molar-refractivity contribution in [2.24, 2.45) is 0 Å². The summed E-state index contributed by atoms with van der Waals surface area (Å²) in [6.07, 6.45) is 2.13. The number of carbonyl (C=O) groups is 1. The second kappa shape index (κ2) is 6.02. The van der Waals surface area contributed by atoms with Crippen molar-refractivity contribution in [3.8, 4) is 0 Å². The van der Waals surface area contributed by atoms with E-state index in [9.17, 15) is 9.59 Å². The molecule has 1 amide bonds. The lowest BCUT2D eigenvalue weighted by atomic mass is 10.2. The molecule has 4 aromatic rings. The van der Waals surface area contributed by atoms with E-state index in [1.54, 1.807) is 30.3 Å². The van der Waals surface area contributed by atoms with Gasteiger partial charge in [0.25, 0.3) is 5.56 Å². The quantitative estimate of drug-likeness (QED) is 0.592. The zero-order chi connectivity index (χ0) is 17.6. The summed E-state index contributed by atoms with van der Waals surface area (Å²) in [5, 5.41) is 1.75. The molecule has 0 unspecified atom stereocenters. The minimum Gasteiger partial charge on any atom is -0.451 e. The van der Waals surface area contributed by atoms with Gasteiger partial charge in [-0.3, -0.25) is 15.0 Å². The molecule has 1 aromatic carbocycles. The molecule has 0 atom stereocenters. The van der Waals surface area contributed by atoms with Crippen LogP contribution in [0.3, 0.4) is 0 Å². The van der Waals surface area contributed by atoms with Crippen LogP contribution in [0.5, 0.6) is 0 Å². The van der Waals surface area contributed by atoms with Gasteiger partial charge in [-0.2, -0.15) is 0 Å². The van der Waals surface area contributed by atoms with E-state index in [-0.39, 0.29) is 11.3 Å². The third-order valence-corrected chi connectivity index (χ3v) is 5.20. The first-order valence-electron chi connectivity index (χ1n) is 7.55. The van der Waals surface area contributed by atoms with Crippen LogP contribution in [0.15, 0.2) is 45.9 Å². The molecule has 0 saturated carbocycles. The Morgan fingerprint density at radius 1 is 1.36 bits per heavy atom. The molecule has 8 heteroatoms. The average molecular weight is 374 g/mol. The Bertz CT molecular complexity index is 1180. The molecular formula is C17H12ClN3O3S. The molecule has 0 aliphatic rings. The summed E-state index contributed by atoms with van der Waals surface area (Å²) in [4.78, 5) is 30.9. The standard InChI is InChI=1S/C17H12ClN3O3S/c1-2-11-7-12-16(25-11)19-8-21(17(12)23)20-15(22)14-6-9-5-10(18)3-4-13(9)24-14/h3-8H,2H2,1H3,(H,20,22). The van der Waals surface area contributed by atoms with Crippen molar-refractivity contribution in [2.75, 3.05) is 5.43 Å². The molecule has 0 fully saturated rings. The van der Waals surface area contributed by atoms with E-state index in [0.29, 0.717) is 26.2 Å². The lowest BCUT2D eigenvalue weighted by Gasteiger charge is -2.05. The monoisotopic (exact) mass is 373 g/mol. The summed E-state index contributed by atoms with van der Waals surface area (Å²) in [6.45, 7) is 2.01. The Labute approximate surface area is 150 Å². The van der Waals surface area contributed by atoms with Gasteiger partial charge in [0.2, 0.25) is 0 Å². The molecule has 0 aliphatic heterocycles. The van der Waals surface area contributed by atoms with Crippen LogP contribution < -0.4 is 11.0 Å². The fourth-order valence-corrected chi connectivity index (χ4v) is 3.62. The highest BCUT2D eigenvalue weighted by Crippen LogP contribution is 2.23. The molecule has 4 rings (SSSR count). The number of halogens is 1. The lowest BCUT2D eigenvalue weighted by Crippen LogP contribution is -2.32. The number of aryl methyl sites for hydroxylation is 1. The van der Waals surface area contributed by atoms with Gasteiger partial charge in [0.1, 0.15) is 16.7 Å². The molecule has 0 saturated heterocycles. The van der Waals surface area contributed by atoms with Crippen LogP contribution in [0.25, 0.3) is 21.2 Å². The van der Waals surface area contributed by atoms with Gasteiger partial charge in [0.15, 0.2) is 5.76 Å². The van der Waals surface area contributed by atoms with Crippen molar-refractivity contribution in [1.82, 2.24) is 9.66 Å². The van der Waals surface area contributed by atoms with Gasteiger partial charge in [-0.1, -0.05) is 18.5 Å². The highest BCUT2D eigenvalue weighted by Gasteiger charge is 2.15. The van der Waals surface area contributed by atoms with E-state index in [2.05, 4.69) is 10.4 Å². The molecule has 0 aliphatic carbocycles. The Morgan fingerprint density at radius 2 is 2.20 bits per heavy atom. The number of carbonyl (C=O) groups excluding carboxylic acids is 1. The number of benzene rings is 1. The zero-order valence-electron chi connectivity index (χ0n) is 13.1. The summed E-state index contributed by atoms with van der Waals surface area (Å²) >= 11 is 7.40. The average Bonchev–Trinajstić information content (AvgIpc) is 3.20. The number of aromatic nitrogens is 2. The molecule has 126 valence electrons. The molecule has 0 bridgehead atoms. The second-order valence-electron chi connectivity index (χ2n) is 5.44. The van der Waals surface area contributed by atoms with Gasteiger partial charge < -0.3 is 4.42 Å². The molecule has 3 heterocycles. The van der Waals surface area contributed by atoms with E-state index >= 15 is 0 Å². The van der Waals surface area contributed by atoms with Gasteiger partial charge >= 0.3 is 5.91 Å². The van der Waals surface area contributed by atoms with Crippen LogP contribution in [0.1, 0.15) is 22.4 Å². The van der Waals surface area contributed by atoms with Crippen molar-refractivity contribution in [3.63, 3.8) is 0 Å². The second-order valence-corrected chi connectivity index (χ2v) is 6.99. The first kappa shape index (κ1) is 15.9. The highest BCUT2D eigenvalue weighted by molar-refractivity contribution is 7.18. The van der Waals surface area contributed by atoms with E-state index in [0.717, 1.165) is 16.0 Å². The summed E-state index contributed by atoms with van der Waals surface area (Å²) in [5.74, 6) is -0.453. The third kappa shape index (κ3) is 2.81. The maximum atomic E-state index is 12.5. The van der Waals surface area contributed by atoms with Crippen LogP contribution in [-0.4, -0.2) is 15.6 Å². The summed E-state index contributed by atoms with van der Waals surface area (Å²) < 4.78 is 6.57. The number of fused-ring (bicyclic) bond motifs is 2. The molecule has 6 nitrogen and oxygen atoms in total. The Kier molecular flexibility index (Phi) is 3.82. The van der Waals surface area contributed by atoms with E-state index in [4.69, 9.17) is 16.0 Å². The summed E-state index contributed by atoms with van der Waals surface area (Å²) in [6, 6.07) is 8.45. The smallest absolute Gasteiger partial charge is 0.305 e. The topological polar surface area (TPSA) is 77.1 Å². The maximum absolute atomic E-state index is 12.5. The van der Waals surface area contributed by atoms with Crippen LogP contribution in [0, 0.1) is 0 Å². The largest absolute Gasteiger partial charge is 0.451 e. The van der Waals surface area contributed by atoms with Gasteiger partial charge in [0.05, 0.1) is 5.39 Å². The predicted molar refractivity (Wildman–Crippen MR) is 98.2 cm³/mol. The van der Waals surface area contributed by atoms with Gasteiger partial charge in [-0.05, 0) is 36.8 Å². The minimum atomic E-state index is -0.540. The fourth-order valence-electron chi connectivity index (χ4n) is 2.52. The van der Waals surface area contributed by atoms with Gasteiger partial charge in [-0.15, -0.1) is 11.3 Å². The van der Waals surface area contributed by atoms with E-state index in [1.807, 2.05) is 6.92 Å². The number of amides is 1. The van der Waals surface area contributed by atoms with E-state index < -0.39 is 5.91 Å². The molecule has 0 radical (unpaired) electrons. The van der Waals surface area contributed by atoms with Gasteiger partial charge in [-0.25, -0.2) is 9.66 Å². The number of nitrogens with one attached hydrogen (secondary N) is 1. The number of furan rings is 1. The SMILES string of the molecule is CCc1cc2c(=O)n(NC(=O)c3cc4cc(Cl)ccc4o3)cnc2s1.